The van der Waals surface area contributed by atoms with Crippen molar-refractivity contribution in [3.8, 4) is 11.1 Å². The first-order chi connectivity index (χ1) is 14.9. The van der Waals surface area contributed by atoms with Gasteiger partial charge in [-0.15, -0.1) is 44.5 Å². The quantitative estimate of drug-likeness (QED) is 0.229. The van der Waals surface area contributed by atoms with Crippen molar-refractivity contribution >= 4 is 29.4 Å². The van der Waals surface area contributed by atoms with Gasteiger partial charge in [-0.1, -0.05) is 76.6 Å². The molecule has 0 atom stereocenters. The number of thioether (sulfide) groups is 1. The molecular weight excluding hydrogens is 512 g/mol. The van der Waals surface area contributed by atoms with Gasteiger partial charge in [-0.2, -0.15) is 35.1 Å². The van der Waals surface area contributed by atoms with E-state index in [0.717, 1.165) is 0 Å². The standard InChI is InChI=1S/C17H15.C11H13S.2CH3.Si.Zr/c1-12-10-16-13(2)8-9-15(17(16)11-12)14-6-4-3-5-7-14;1-7(2)9-4-10-8(3)6-12-11(10)5-9;;;;/h3-11H,1-2H3;4,7H,6H2,1-3H3;2*1H3;;/q4*-1;;. The summed E-state index contributed by atoms with van der Waals surface area (Å²) in [7, 11) is 0. The zero-order valence-electron chi connectivity index (χ0n) is 21.0. The maximum absolute atomic E-state index is 3.47. The van der Waals surface area contributed by atoms with E-state index in [2.05, 4.69) is 108 Å². The van der Waals surface area contributed by atoms with E-state index in [1.54, 1.807) is 0 Å². The fourth-order valence-corrected chi connectivity index (χ4v) is 5.01. The fraction of sp³-hybridized carbons (Fsp3) is 0.233. The SMILES string of the molecule is CC1=C2C=C(C(C)C)[C-]=C2SC1.Cc1cc2c(-c3ccccc3)ccc(C)c2[cH-]1.[CH3-].[CH3-].[Si]=[Zr]. The zero-order chi connectivity index (χ0) is 22.5. The minimum absolute atomic E-state index is 0. The Morgan fingerprint density at radius 3 is 2.27 bits per heavy atom. The third-order valence-corrected chi connectivity index (χ3v) is 6.84. The summed E-state index contributed by atoms with van der Waals surface area (Å²) in [4.78, 5) is 1.37. The number of rotatable bonds is 2. The van der Waals surface area contributed by atoms with E-state index in [4.69, 9.17) is 0 Å². The molecule has 3 aromatic rings. The van der Waals surface area contributed by atoms with E-state index in [0.29, 0.717) is 5.92 Å². The molecule has 0 unspecified atom stereocenters. The summed E-state index contributed by atoms with van der Waals surface area (Å²) in [5, 5.41) is 2.75. The molecule has 2 aliphatic rings. The van der Waals surface area contributed by atoms with Crippen LogP contribution in [0.1, 0.15) is 31.9 Å². The van der Waals surface area contributed by atoms with Crippen LogP contribution >= 0.6 is 11.8 Å². The molecule has 5 rings (SSSR count). The van der Waals surface area contributed by atoms with Crippen LogP contribution in [0.5, 0.6) is 0 Å². The molecule has 172 valence electrons. The number of allylic oxidation sites excluding steroid dienone is 4. The monoisotopic (exact) mass is 544 g/mol. The third-order valence-electron chi connectivity index (χ3n) is 5.65. The van der Waals surface area contributed by atoms with Crippen molar-refractivity contribution in [2.75, 3.05) is 5.75 Å². The number of benzene rings is 2. The van der Waals surface area contributed by atoms with E-state index >= 15 is 0 Å². The molecule has 0 fully saturated rings. The predicted octanol–water partition coefficient (Wildman–Crippen LogP) is 8.69. The summed E-state index contributed by atoms with van der Waals surface area (Å²) in [5.41, 5.74) is 9.65. The second-order valence-corrected chi connectivity index (χ2v) is 9.33. The van der Waals surface area contributed by atoms with E-state index < -0.39 is 0 Å². The van der Waals surface area contributed by atoms with Crippen LogP contribution in [0.4, 0.5) is 0 Å². The Hall–Kier alpha value is -1.28. The molecule has 0 bridgehead atoms. The minimum atomic E-state index is 0. The maximum atomic E-state index is 3.47. The molecule has 0 amide bonds. The van der Waals surface area contributed by atoms with Gasteiger partial charge in [0.2, 0.25) is 0 Å². The first-order valence-electron chi connectivity index (χ1n) is 10.6. The van der Waals surface area contributed by atoms with Gasteiger partial charge in [-0.05, 0) is 11.5 Å². The first-order valence-corrected chi connectivity index (χ1v) is 15.8. The predicted molar refractivity (Wildman–Crippen MR) is 148 cm³/mol. The molecule has 33 heavy (non-hydrogen) atoms. The van der Waals surface area contributed by atoms with Crippen molar-refractivity contribution in [2.45, 2.75) is 34.6 Å². The van der Waals surface area contributed by atoms with Gasteiger partial charge >= 0.3 is 30.2 Å². The Balaban J connectivity index is 0.000000303. The molecule has 0 saturated carbocycles. The van der Waals surface area contributed by atoms with Gasteiger partial charge in [0.05, 0.1) is 0 Å². The Labute approximate surface area is 223 Å². The molecule has 0 N–H and O–H groups in total. The molecular formula is C30H34SSiZr-4. The molecule has 3 aromatic carbocycles. The summed E-state index contributed by atoms with van der Waals surface area (Å²) in [6.07, 6.45) is 5.77. The summed E-state index contributed by atoms with van der Waals surface area (Å²) in [5.74, 6) is 1.78. The van der Waals surface area contributed by atoms with Gasteiger partial charge in [0.25, 0.3) is 0 Å². The molecule has 0 aromatic heterocycles. The second kappa shape index (κ2) is 13.6. The van der Waals surface area contributed by atoms with Gasteiger partial charge in [0.1, 0.15) is 0 Å². The summed E-state index contributed by atoms with van der Waals surface area (Å²) < 4.78 is 0. The van der Waals surface area contributed by atoms with E-state index in [-0.39, 0.29) is 14.9 Å². The van der Waals surface area contributed by atoms with Crippen LogP contribution in [0.25, 0.3) is 21.9 Å². The van der Waals surface area contributed by atoms with E-state index in [1.807, 2.05) is 11.8 Å². The molecule has 1 heterocycles. The van der Waals surface area contributed by atoms with Crippen LogP contribution in [0.15, 0.2) is 82.3 Å². The van der Waals surface area contributed by atoms with Gasteiger partial charge in [-0.25, -0.2) is 6.08 Å². The van der Waals surface area contributed by atoms with Crippen molar-refractivity contribution in [1.29, 1.82) is 0 Å². The van der Waals surface area contributed by atoms with Crippen LogP contribution in [-0.4, -0.2) is 12.6 Å². The molecule has 0 nitrogen and oxygen atoms in total. The number of hydrogen-bond acceptors (Lipinski definition) is 1. The van der Waals surface area contributed by atoms with Gasteiger partial charge in [0.15, 0.2) is 0 Å². The Kier molecular flexibility index (Phi) is 12.2. The van der Waals surface area contributed by atoms with Crippen LogP contribution < -0.4 is 0 Å². The van der Waals surface area contributed by atoms with Crippen molar-refractivity contribution in [1.82, 2.24) is 0 Å². The van der Waals surface area contributed by atoms with Gasteiger partial charge in [-0.3, -0.25) is 0 Å². The second-order valence-electron chi connectivity index (χ2n) is 8.35. The van der Waals surface area contributed by atoms with Crippen LogP contribution in [0.2, 0.25) is 0 Å². The Bertz CT molecular complexity index is 1160. The molecule has 2 radical (unpaired) electrons. The Morgan fingerprint density at radius 2 is 1.67 bits per heavy atom. The molecule has 0 spiro atoms. The normalized spacial score (nSPS) is 13.6. The van der Waals surface area contributed by atoms with Crippen LogP contribution in [0, 0.1) is 40.7 Å². The summed E-state index contributed by atoms with van der Waals surface area (Å²) >= 11 is 3.28. The third kappa shape index (κ3) is 6.87. The fourth-order valence-electron chi connectivity index (χ4n) is 3.91. The number of aryl methyl sites for hydroxylation is 2. The van der Waals surface area contributed by atoms with Crippen molar-refractivity contribution in [3.63, 3.8) is 0 Å². The van der Waals surface area contributed by atoms with Crippen LogP contribution in [0.3, 0.4) is 0 Å². The van der Waals surface area contributed by atoms with Crippen molar-refractivity contribution in [3.05, 3.63) is 114 Å². The molecule has 1 aliphatic carbocycles. The molecule has 0 saturated heterocycles. The van der Waals surface area contributed by atoms with Gasteiger partial charge < -0.3 is 14.9 Å². The topological polar surface area (TPSA) is 0 Å². The van der Waals surface area contributed by atoms with E-state index in [9.17, 15) is 0 Å². The summed E-state index contributed by atoms with van der Waals surface area (Å²) in [6.45, 7) is 14.1. The number of hydrogen-bond donors (Lipinski definition) is 0. The number of fused-ring (bicyclic) bond motifs is 2. The molecule has 3 heteroatoms. The van der Waals surface area contributed by atoms with Gasteiger partial charge in [0, 0.05) is 5.75 Å². The average Bonchev–Trinajstić information content (AvgIpc) is 3.47. The van der Waals surface area contributed by atoms with Crippen molar-refractivity contribution in [2.24, 2.45) is 5.92 Å². The Morgan fingerprint density at radius 1 is 1.00 bits per heavy atom. The van der Waals surface area contributed by atoms with Crippen LogP contribution in [-0.2, 0) is 23.3 Å². The van der Waals surface area contributed by atoms with Crippen molar-refractivity contribution < 1.29 is 23.3 Å². The van der Waals surface area contributed by atoms with E-state index in [1.165, 1.54) is 83.7 Å². The average molecular weight is 546 g/mol. The molecule has 1 aliphatic heterocycles. The summed E-state index contributed by atoms with van der Waals surface area (Å²) in [6, 6.07) is 19.6. The first kappa shape index (κ1) is 29.8. The zero-order valence-corrected chi connectivity index (χ0v) is 25.2.